The van der Waals surface area contributed by atoms with Gasteiger partial charge in [-0.05, 0) is 31.8 Å². The van der Waals surface area contributed by atoms with Gasteiger partial charge >= 0.3 is 6.03 Å². The minimum Gasteiger partial charge on any atom is -0.350 e. The highest BCUT2D eigenvalue weighted by molar-refractivity contribution is 5.96. The number of amides is 2. The van der Waals surface area contributed by atoms with Crippen molar-refractivity contribution in [3.05, 3.63) is 11.6 Å². The first-order valence-corrected chi connectivity index (χ1v) is 5.04. The van der Waals surface area contributed by atoms with Crippen molar-refractivity contribution >= 4 is 11.7 Å². The highest BCUT2D eigenvalue weighted by atomic mass is 16.2. The lowest BCUT2D eigenvalue weighted by atomic mass is 9.95. The molecule has 0 fully saturated rings. The number of nitrogens with two attached hydrogens (primary N) is 1. The van der Waals surface area contributed by atoms with Crippen molar-refractivity contribution in [2.24, 2.45) is 10.8 Å². The molecule has 0 atom stereocenters. The van der Waals surface area contributed by atoms with E-state index in [1.54, 1.807) is 0 Å². The van der Waals surface area contributed by atoms with E-state index in [-0.39, 0.29) is 0 Å². The van der Waals surface area contributed by atoms with Crippen LogP contribution >= 0.6 is 0 Å². The Morgan fingerprint density at radius 1 is 1.64 bits per heavy atom. The largest absolute Gasteiger partial charge is 0.350 e. The molecule has 0 spiro atoms. The summed E-state index contributed by atoms with van der Waals surface area (Å²) in [5, 5.41) is 3.93. The van der Waals surface area contributed by atoms with Gasteiger partial charge in [0.05, 0.1) is 5.71 Å². The maximum atomic E-state index is 10.4. The van der Waals surface area contributed by atoms with Crippen molar-refractivity contribution < 1.29 is 4.79 Å². The summed E-state index contributed by atoms with van der Waals surface area (Å²) >= 11 is 0. The number of nitrogens with zero attached hydrogens (tertiary/aromatic N) is 1. The predicted molar refractivity (Wildman–Crippen MR) is 57.0 cm³/mol. The second-order valence-electron chi connectivity index (χ2n) is 3.49. The third-order valence-electron chi connectivity index (χ3n) is 2.18. The Morgan fingerprint density at radius 3 is 3.07 bits per heavy atom. The molecule has 0 saturated heterocycles. The van der Waals surface area contributed by atoms with Gasteiger partial charge in [-0.2, -0.15) is 5.10 Å². The third kappa shape index (κ3) is 3.60. The Kier molecular flexibility index (Phi) is 4.16. The molecule has 14 heavy (non-hydrogen) atoms. The molecular formula is C10H17N3O. The maximum Gasteiger partial charge on any atom is 0.332 e. The zero-order chi connectivity index (χ0) is 10.4. The van der Waals surface area contributed by atoms with E-state index in [1.807, 2.05) is 0 Å². The molecule has 4 heteroatoms. The monoisotopic (exact) mass is 195 g/mol. The van der Waals surface area contributed by atoms with Crippen LogP contribution in [-0.2, 0) is 0 Å². The van der Waals surface area contributed by atoms with Crippen LogP contribution in [0.25, 0.3) is 0 Å². The summed E-state index contributed by atoms with van der Waals surface area (Å²) in [5.41, 5.74) is 9.53. The standard InChI is InChI=1S/C10H17N3O/c1-2-4-8-5-3-6-9(7-8)12-13-10(11)14/h7H,2-6H2,1H3,(H3,11,13,14)/b12-9-. The van der Waals surface area contributed by atoms with Crippen molar-refractivity contribution in [1.82, 2.24) is 5.43 Å². The lowest BCUT2D eigenvalue weighted by Gasteiger charge is -2.13. The molecule has 0 saturated carbocycles. The second-order valence-corrected chi connectivity index (χ2v) is 3.49. The van der Waals surface area contributed by atoms with E-state index < -0.39 is 6.03 Å². The van der Waals surface area contributed by atoms with E-state index >= 15 is 0 Å². The second kappa shape index (κ2) is 5.42. The SMILES string of the molecule is CCCC1=C/C(=N\NC(N)=O)CCC1. The summed E-state index contributed by atoms with van der Waals surface area (Å²) in [4.78, 5) is 10.4. The summed E-state index contributed by atoms with van der Waals surface area (Å²) in [5.74, 6) is 0. The van der Waals surface area contributed by atoms with Crippen LogP contribution in [0.3, 0.4) is 0 Å². The Morgan fingerprint density at radius 2 is 2.43 bits per heavy atom. The lowest BCUT2D eigenvalue weighted by Crippen LogP contribution is -2.25. The molecule has 1 aliphatic carbocycles. The number of nitrogens with one attached hydrogen (secondary N) is 1. The fourth-order valence-corrected chi connectivity index (χ4v) is 1.61. The number of hydrogen-bond acceptors (Lipinski definition) is 2. The summed E-state index contributed by atoms with van der Waals surface area (Å²) in [7, 11) is 0. The van der Waals surface area contributed by atoms with Crippen LogP contribution in [-0.4, -0.2) is 11.7 Å². The van der Waals surface area contributed by atoms with E-state index in [1.165, 1.54) is 5.57 Å². The molecule has 0 aromatic carbocycles. The number of hydrazone groups is 1. The molecule has 4 nitrogen and oxygen atoms in total. The Bertz CT molecular complexity index is 269. The first-order chi connectivity index (χ1) is 6.72. The average molecular weight is 195 g/mol. The van der Waals surface area contributed by atoms with Crippen molar-refractivity contribution in [2.45, 2.75) is 39.0 Å². The van der Waals surface area contributed by atoms with Gasteiger partial charge in [0.15, 0.2) is 0 Å². The molecule has 2 amide bonds. The molecule has 0 bridgehead atoms. The molecule has 0 aromatic rings. The van der Waals surface area contributed by atoms with Crippen molar-refractivity contribution in [3.63, 3.8) is 0 Å². The van der Waals surface area contributed by atoms with Crippen LogP contribution in [0.15, 0.2) is 16.8 Å². The summed E-state index contributed by atoms with van der Waals surface area (Å²) in [6, 6.07) is -0.603. The zero-order valence-corrected chi connectivity index (χ0v) is 8.55. The van der Waals surface area contributed by atoms with Crippen molar-refractivity contribution in [1.29, 1.82) is 0 Å². The minimum absolute atomic E-state index is 0.603. The number of hydrogen-bond donors (Lipinski definition) is 2. The van der Waals surface area contributed by atoms with Gasteiger partial charge in [0, 0.05) is 0 Å². The first-order valence-electron chi connectivity index (χ1n) is 5.04. The summed E-state index contributed by atoms with van der Waals surface area (Å²) < 4.78 is 0. The van der Waals surface area contributed by atoms with Crippen molar-refractivity contribution in [2.75, 3.05) is 0 Å². The lowest BCUT2D eigenvalue weighted by molar-refractivity contribution is 0.249. The number of carbonyl (C=O) groups excluding carboxylic acids is 1. The number of carbonyl (C=O) groups is 1. The first kappa shape index (κ1) is 10.8. The molecule has 0 aromatic heterocycles. The van der Waals surface area contributed by atoms with Gasteiger partial charge < -0.3 is 5.73 Å². The van der Waals surface area contributed by atoms with Crippen LogP contribution in [0, 0.1) is 0 Å². The third-order valence-corrected chi connectivity index (χ3v) is 2.18. The fraction of sp³-hybridized carbons (Fsp3) is 0.600. The van der Waals surface area contributed by atoms with Gasteiger partial charge in [-0.15, -0.1) is 0 Å². The van der Waals surface area contributed by atoms with E-state index in [9.17, 15) is 4.79 Å². The average Bonchev–Trinajstić information content (AvgIpc) is 2.16. The summed E-state index contributed by atoms with van der Waals surface area (Å²) in [6.45, 7) is 2.16. The van der Waals surface area contributed by atoms with E-state index in [4.69, 9.17) is 5.73 Å². The fourth-order valence-electron chi connectivity index (χ4n) is 1.61. The predicted octanol–water partition coefficient (Wildman–Crippen LogP) is 1.92. The van der Waals surface area contributed by atoms with Gasteiger partial charge in [0.1, 0.15) is 0 Å². The van der Waals surface area contributed by atoms with Gasteiger partial charge in [-0.25, -0.2) is 10.2 Å². The molecular weight excluding hydrogens is 178 g/mol. The topological polar surface area (TPSA) is 67.5 Å². The van der Waals surface area contributed by atoms with Crippen LogP contribution in [0.2, 0.25) is 0 Å². The minimum atomic E-state index is -0.603. The van der Waals surface area contributed by atoms with Gasteiger partial charge in [0.25, 0.3) is 0 Å². The molecule has 0 heterocycles. The highest BCUT2D eigenvalue weighted by Gasteiger charge is 2.07. The smallest absolute Gasteiger partial charge is 0.332 e. The van der Waals surface area contributed by atoms with E-state index in [0.717, 1.165) is 37.8 Å². The van der Waals surface area contributed by atoms with Crippen LogP contribution in [0.1, 0.15) is 39.0 Å². The van der Waals surface area contributed by atoms with Gasteiger partial charge in [0.2, 0.25) is 0 Å². The molecule has 0 aliphatic heterocycles. The molecule has 1 aliphatic rings. The number of urea groups is 1. The number of rotatable bonds is 3. The van der Waals surface area contributed by atoms with Crippen LogP contribution in [0.4, 0.5) is 4.79 Å². The zero-order valence-electron chi connectivity index (χ0n) is 8.55. The van der Waals surface area contributed by atoms with Gasteiger partial charge in [-0.3, -0.25) is 0 Å². The Balaban J connectivity index is 2.57. The molecule has 3 N–H and O–H groups in total. The molecule has 1 rings (SSSR count). The van der Waals surface area contributed by atoms with Crippen LogP contribution in [0.5, 0.6) is 0 Å². The van der Waals surface area contributed by atoms with Crippen LogP contribution < -0.4 is 11.2 Å². The normalized spacial score (nSPS) is 19.2. The molecule has 0 unspecified atom stereocenters. The Hall–Kier alpha value is -1.32. The van der Waals surface area contributed by atoms with Gasteiger partial charge in [-0.1, -0.05) is 18.9 Å². The molecule has 78 valence electrons. The quantitative estimate of drug-likeness (QED) is 0.664. The number of allylic oxidation sites excluding steroid dienone is 2. The summed E-state index contributed by atoms with van der Waals surface area (Å²) in [6.07, 6.45) is 7.54. The van der Waals surface area contributed by atoms with E-state index in [0.29, 0.717) is 0 Å². The Labute approximate surface area is 84.2 Å². The number of primary amides is 1. The maximum absolute atomic E-state index is 10.4. The highest BCUT2D eigenvalue weighted by Crippen LogP contribution is 2.19. The van der Waals surface area contributed by atoms with E-state index in [2.05, 4.69) is 23.5 Å². The molecule has 0 radical (unpaired) electrons. The van der Waals surface area contributed by atoms with Crippen molar-refractivity contribution in [3.8, 4) is 0 Å².